The Balaban J connectivity index is 1.65. The molecule has 1 saturated carbocycles. The van der Waals surface area contributed by atoms with Crippen LogP contribution in [0.25, 0.3) is 0 Å². The fourth-order valence-corrected chi connectivity index (χ4v) is 3.71. The summed E-state index contributed by atoms with van der Waals surface area (Å²) in [5, 5.41) is 12.1. The van der Waals surface area contributed by atoms with Gasteiger partial charge in [0.15, 0.2) is 0 Å². The van der Waals surface area contributed by atoms with Crippen molar-refractivity contribution in [1.82, 2.24) is 5.32 Å². The molecule has 4 heteroatoms. The molecule has 3 nitrogen and oxygen atoms in total. The normalized spacial score (nSPS) is 15.9. The van der Waals surface area contributed by atoms with Gasteiger partial charge in [0.05, 0.1) is 12.0 Å². The Morgan fingerprint density at radius 1 is 1.08 bits per heavy atom. The van der Waals surface area contributed by atoms with E-state index in [0.717, 1.165) is 48.8 Å². The highest BCUT2D eigenvalue weighted by molar-refractivity contribution is 5.88. The fraction of sp³-hybridized carbons (Fsp3) is 0.381. The molecule has 0 atom stereocenters. The molecule has 2 aromatic rings. The van der Waals surface area contributed by atoms with E-state index in [4.69, 9.17) is 5.11 Å². The van der Waals surface area contributed by atoms with Crippen LogP contribution >= 0.6 is 0 Å². The summed E-state index contributed by atoms with van der Waals surface area (Å²) in [5.41, 5.74) is 2.19. The predicted octanol–water partition coefficient (Wildman–Crippen LogP) is 3.49. The highest BCUT2D eigenvalue weighted by Crippen LogP contribution is 2.41. The van der Waals surface area contributed by atoms with E-state index in [2.05, 4.69) is 5.32 Å². The van der Waals surface area contributed by atoms with Crippen LogP contribution in [0, 0.1) is 5.82 Å². The second kappa shape index (κ2) is 7.79. The molecule has 2 aromatic carbocycles. The minimum atomic E-state index is -0.594. The first-order chi connectivity index (χ1) is 12.1. The Kier molecular flexibility index (Phi) is 5.49. The highest BCUT2D eigenvalue weighted by atomic mass is 19.1. The number of aliphatic hydroxyl groups excluding tert-OH is 1. The lowest BCUT2D eigenvalue weighted by Crippen LogP contribution is -2.43. The predicted molar refractivity (Wildman–Crippen MR) is 95.6 cm³/mol. The maximum Gasteiger partial charge on any atom is 0.230 e. The van der Waals surface area contributed by atoms with E-state index < -0.39 is 5.41 Å². The van der Waals surface area contributed by atoms with E-state index in [-0.39, 0.29) is 18.3 Å². The molecular weight excluding hydrogens is 317 g/mol. The summed E-state index contributed by atoms with van der Waals surface area (Å²) < 4.78 is 13.6. The maximum absolute atomic E-state index is 13.6. The number of aliphatic hydroxyl groups is 1. The summed E-state index contributed by atoms with van der Waals surface area (Å²) in [6, 6.07) is 14.2. The van der Waals surface area contributed by atoms with Gasteiger partial charge >= 0.3 is 0 Å². The third-order valence-corrected chi connectivity index (χ3v) is 5.17. The van der Waals surface area contributed by atoms with Crippen molar-refractivity contribution in [2.24, 2.45) is 0 Å². The molecule has 3 rings (SSSR count). The van der Waals surface area contributed by atoms with Crippen LogP contribution in [0.5, 0.6) is 0 Å². The molecule has 0 heterocycles. The quantitative estimate of drug-likeness (QED) is 0.845. The minimum Gasteiger partial charge on any atom is -0.392 e. The molecule has 0 unspecified atom stereocenters. The van der Waals surface area contributed by atoms with Crippen LogP contribution in [0.2, 0.25) is 0 Å². The average molecular weight is 341 g/mol. The largest absolute Gasteiger partial charge is 0.392 e. The number of carbonyl (C=O) groups is 1. The van der Waals surface area contributed by atoms with E-state index in [1.54, 1.807) is 6.07 Å². The van der Waals surface area contributed by atoms with Crippen LogP contribution in [0.3, 0.4) is 0 Å². The van der Waals surface area contributed by atoms with Crippen molar-refractivity contribution >= 4 is 5.91 Å². The van der Waals surface area contributed by atoms with E-state index in [9.17, 15) is 9.18 Å². The van der Waals surface area contributed by atoms with Gasteiger partial charge in [0.25, 0.3) is 0 Å². The van der Waals surface area contributed by atoms with E-state index >= 15 is 0 Å². The second-order valence-corrected chi connectivity index (χ2v) is 6.78. The standard InChI is InChI=1S/C21H24FNO2/c22-19-5-3-4-18(14-19)21(11-1-2-12-21)20(25)23-13-10-16-6-8-17(15-24)9-7-16/h3-9,14,24H,1-2,10-13,15H2,(H,23,25). The Morgan fingerprint density at radius 3 is 2.40 bits per heavy atom. The van der Waals surface area contributed by atoms with Crippen LogP contribution in [0.15, 0.2) is 48.5 Å². The molecule has 2 N–H and O–H groups in total. The number of halogens is 1. The van der Waals surface area contributed by atoms with Gasteiger partial charge in [-0.3, -0.25) is 4.79 Å². The van der Waals surface area contributed by atoms with Crippen LogP contribution < -0.4 is 5.32 Å². The van der Waals surface area contributed by atoms with Gasteiger partial charge in [-0.1, -0.05) is 49.2 Å². The summed E-state index contributed by atoms with van der Waals surface area (Å²) in [5.74, 6) is -0.289. The molecule has 25 heavy (non-hydrogen) atoms. The van der Waals surface area contributed by atoms with Crippen molar-refractivity contribution in [1.29, 1.82) is 0 Å². The topological polar surface area (TPSA) is 49.3 Å². The van der Waals surface area contributed by atoms with Crippen molar-refractivity contribution in [3.63, 3.8) is 0 Å². The number of nitrogens with one attached hydrogen (secondary N) is 1. The molecule has 1 fully saturated rings. The van der Waals surface area contributed by atoms with Crippen molar-refractivity contribution in [2.75, 3.05) is 6.54 Å². The highest BCUT2D eigenvalue weighted by Gasteiger charge is 2.42. The summed E-state index contributed by atoms with van der Waals surface area (Å²) in [6.45, 7) is 0.585. The first kappa shape index (κ1) is 17.6. The molecule has 132 valence electrons. The third-order valence-electron chi connectivity index (χ3n) is 5.17. The van der Waals surface area contributed by atoms with Gasteiger partial charge < -0.3 is 10.4 Å². The Labute approximate surface area is 147 Å². The Hall–Kier alpha value is -2.20. The zero-order valence-corrected chi connectivity index (χ0v) is 14.3. The van der Waals surface area contributed by atoms with Crippen molar-refractivity contribution in [3.05, 3.63) is 71.0 Å². The average Bonchev–Trinajstić information content (AvgIpc) is 3.13. The minimum absolute atomic E-state index is 0.00239. The Morgan fingerprint density at radius 2 is 1.76 bits per heavy atom. The van der Waals surface area contributed by atoms with Gasteiger partial charge in [-0.15, -0.1) is 0 Å². The van der Waals surface area contributed by atoms with Crippen LogP contribution in [0.4, 0.5) is 4.39 Å². The summed E-state index contributed by atoms with van der Waals surface area (Å²) in [6.07, 6.45) is 4.26. The molecule has 0 radical (unpaired) electrons. The fourth-order valence-electron chi connectivity index (χ4n) is 3.71. The molecule has 0 saturated heterocycles. The third kappa shape index (κ3) is 3.90. The van der Waals surface area contributed by atoms with Gasteiger partial charge in [0.2, 0.25) is 5.91 Å². The van der Waals surface area contributed by atoms with Gasteiger partial charge in [0.1, 0.15) is 5.82 Å². The molecule has 1 aliphatic rings. The lowest BCUT2D eigenvalue weighted by atomic mass is 9.78. The first-order valence-corrected chi connectivity index (χ1v) is 8.87. The Bertz CT molecular complexity index is 721. The SMILES string of the molecule is O=C(NCCc1ccc(CO)cc1)C1(c2cccc(F)c2)CCCC1. The summed E-state index contributed by atoms with van der Waals surface area (Å²) in [7, 11) is 0. The van der Waals surface area contributed by atoms with Gasteiger partial charge in [-0.05, 0) is 48.1 Å². The molecule has 0 aliphatic heterocycles. The van der Waals surface area contributed by atoms with Gasteiger partial charge in [-0.2, -0.15) is 0 Å². The van der Waals surface area contributed by atoms with Gasteiger partial charge in [0, 0.05) is 6.54 Å². The monoisotopic (exact) mass is 341 g/mol. The summed E-state index contributed by atoms with van der Waals surface area (Å²) >= 11 is 0. The number of benzene rings is 2. The van der Waals surface area contributed by atoms with E-state index in [0.29, 0.717) is 6.54 Å². The van der Waals surface area contributed by atoms with E-state index in [1.807, 2.05) is 30.3 Å². The number of hydrogen-bond donors (Lipinski definition) is 2. The zero-order valence-electron chi connectivity index (χ0n) is 14.3. The summed E-state index contributed by atoms with van der Waals surface area (Å²) in [4.78, 5) is 12.9. The van der Waals surface area contributed by atoms with Crippen LogP contribution in [0.1, 0.15) is 42.4 Å². The molecule has 1 amide bonds. The zero-order chi connectivity index (χ0) is 17.7. The maximum atomic E-state index is 13.6. The van der Waals surface area contributed by atoms with Crippen molar-refractivity contribution < 1.29 is 14.3 Å². The van der Waals surface area contributed by atoms with Crippen molar-refractivity contribution in [3.8, 4) is 0 Å². The second-order valence-electron chi connectivity index (χ2n) is 6.78. The lowest BCUT2D eigenvalue weighted by molar-refractivity contribution is -0.126. The molecule has 0 aromatic heterocycles. The van der Waals surface area contributed by atoms with Crippen LogP contribution in [-0.4, -0.2) is 17.6 Å². The first-order valence-electron chi connectivity index (χ1n) is 8.87. The number of hydrogen-bond acceptors (Lipinski definition) is 2. The number of amides is 1. The van der Waals surface area contributed by atoms with E-state index in [1.165, 1.54) is 12.1 Å². The number of rotatable bonds is 6. The lowest BCUT2D eigenvalue weighted by Gasteiger charge is -2.28. The smallest absolute Gasteiger partial charge is 0.230 e. The number of carbonyl (C=O) groups excluding carboxylic acids is 1. The molecular formula is C21H24FNO2. The molecule has 0 bridgehead atoms. The van der Waals surface area contributed by atoms with Gasteiger partial charge in [-0.25, -0.2) is 4.39 Å². The molecule has 1 aliphatic carbocycles. The van der Waals surface area contributed by atoms with Crippen molar-refractivity contribution in [2.45, 2.75) is 44.1 Å². The van der Waals surface area contributed by atoms with Crippen LogP contribution in [-0.2, 0) is 23.2 Å². The molecule has 0 spiro atoms.